The zero-order chi connectivity index (χ0) is 19.6. The zero-order valence-electron chi connectivity index (χ0n) is 15.4. The Morgan fingerprint density at radius 3 is 2.63 bits per heavy atom. The first-order chi connectivity index (χ1) is 12.9. The monoisotopic (exact) mass is 387 g/mol. The Kier molecular flexibility index (Phi) is 5.70. The van der Waals surface area contributed by atoms with Crippen molar-refractivity contribution in [1.29, 1.82) is 0 Å². The molecule has 0 radical (unpaired) electrons. The molecule has 2 aromatic heterocycles. The van der Waals surface area contributed by atoms with Crippen LogP contribution in [0.15, 0.2) is 29.1 Å². The van der Waals surface area contributed by atoms with Gasteiger partial charge in [-0.25, -0.2) is 9.37 Å². The molecule has 0 bridgehead atoms. The summed E-state index contributed by atoms with van der Waals surface area (Å²) >= 11 is 1.48. The summed E-state index contributed by atoms with van der Waals surface area (Å²) < 4.78 is 15.0. The van der Waals surface area contributed by atoms with Gasteiger partial charge in [-0.3, -0.25) is 14.2 Å². The van der Waals surface area contributed by atoms with Crippen molar-refractivity contribution in [3.8, 4) is 11.1 Å². The molecule has 0 aliphatic heterocycles. The smallest absolute Gasteiger partial charge is 0.262 e. The van der Waals surface area contributed by atoms with Crippen LogP contribution in [0.5, 0.6) is 0 Å². The summed E-state index contributed by atoms with van der Waals surface area (Å²) in [6.45, 7) is 4.38. The average Bonchev–Trinajstić information content (AvgIpc) is 2.94. The number of benzene rings is 1. The fraction of sp³-hybridized carbons (Fsp3) is 0.350. The number of fused-ring (bicyclic) bond motifs is 1. The third-order valence-electron chi connectivity index (χ3n) is 4.48. The van der Waals surface area contributed by atoms with E-state index in [4.69, 9.17) is 10.7 Å². The van der Waals surface area contributed by atoms with Crippen LogP contribution in [0.1, 0.15) is 36.9 Å². The van der Waals surface area contributed by atoms with Crippen LogP contribution >= 0.6 is 11.3 Å². The first-order valence-electron chi connectivity index (χ1n) is 8.99. The number of halogens is 1. The van der Waals surface area contributed by atoms with Crippen LogP contribution in [0.3, 0.4) is 0 Å². The molecular weight excluding hydrogens is 365 g/mol. The number of carbonyl (C=O) groups is 1. The second kappa shape index (κ2) is 8.00. The van der Waals surface area contributed by atoms with E-state index in [0.29, 0.717) is 29.6 Å². The number of hydrogen-bond acceptors (Lipinski definition) is 4. The molecule has 0 spiro atoms. The molecule has 2 N–H and O–H groups in total. The van der Waals surface area contributed by atoms with Gasteiger partial charge in [0.25, 0.3) is 5.56 Å². The Morgan fingerprint density at radius 1 is 1.30 bits per heavy atom. The summed E-state index contributed by atoms with van der Waals surface area (Å²) in [5, 5.41) is 0.558. The van der Waals surface area contributed by atoms with E-state index in [2.05, 4.69) is 0 Å². The Labute approximate surface area is 160 Å². The van der Waals surface area contributed by atoms with E-state index in [1.165, 1.54) is 23.5 Å². The van der Waals surface area contributed by atoms with Crippen molar-refractivity contribution in [2.75, 3.05) is 0 Å². The molecule has 0 atom stereocenters. The number of nitrogens with zero attached hydrogens (tertiary/aromatic N) is 2. The molecule has 3 rings (SSSR count). The molecule has 0 fully saturated rings. The Bertz CT molecular complexity index is 1040. The van der Waals surface area contributed by atoms with Gasteiger partial charge in [0.2, 0.25) is 5.91 Å². The predicted molar refractivity (Wildman–Crippen MR) is 106 cm³/mol. The second-order valence-electron chi connectivity index (χ2n) is 6.52. The Balaban J connectivity index is 2.18. The Morgan fingerprint density at radius 2 is 2.00 bits per heavy atom. The third kappa shape index (κ3) is 3.93. The summed E-state index contributed by atoms with van der Waals surface area (Å²) in [7, 11) is 0. The third-order valence-corrected chi connectivity index (χ3v) is 5.48. The molecule has 3 aromatic rings. The lowest BCUT2D eigenvalue weighted by Gasteiger charge is -2.12. The number of thiophene rings is 1. The fourth-order valence-corrected chi connectivity index (χ4v) is 4.31. The van der Waals surface area contributed by atoms with Crippen LogP contribution < -0.4 is 11.3 Å². The minimum Gasteiger partial charge on any atom is -0.370 e. The summed E-state index contributed by atoms with van der Waals surface area (Å²) in [4.78, 5) is 30.8. The van der Waals surface area contributed by atoms with Crippen molar-refractivity contribution >= 4 is 27.5 Å². The van der Waals surface area contributed by atoms with E-state index < -0.39 is 0 Å². The maximum atomic E-state index is 13.3. The van der Waals surface area contributed by atoms with Gasteiger partial charge in [0.1, 0.15) is 16.5 Å². The maximum absolute atomic E-state index is 13.3. The molecule has 2 heterocycles. The van der Waals surface area contributed by atoms with Crippen LogP contribution in [-0.2, 0) is 17.8 Å². The van der Waals surface area contributed by atoms with Crippen molar-refractivity contribution in [2.45, 2.75) is 46.1 Å². The van der Waals surface area contributed by atoms with Crippen molar-refractivity contribution < 1.29 is 9.18 Å². The molecular formula is C20H22FN3O2S. The van der Waals surface area contributed by atoms with E-state index in [9.17, 15) is 14.0 Å². The SMILES string of the molecule is CCCc1nc2sc(C)c(-c3ccc(F)cc3)c2c(=O)n1CCCC(N)=O. The first kappa shape index (κ1) is 19.2. The zero-order valence-corrected chi connectivity index (χ0v) is 16.2. The number of nitrogens with two attached hydrogens (primary N) is 1. The molecule has 0 aliphatic carbocycles. The molecule has 1 aromatic carbocycles. The lowest BCUT2D eigenvalue weighted by Crippen LogP contribution is -2.26. The van der Waals surface area contributed by atoms with Gasteiger partial charge < -0.3 is 5.73 Å². The van der Waals surface area contributed by atoms with Gasteiger partial charge in [-0.1, -0.05) is 19.1 Å². The largest absolute Gasteiger partial charge is 0.370 e. The number of hydrogen-bond donors (Lipinski definition) is 1. The van der Waals surface area contributed by atoms with E-state index in [1.54, 1.807) is 16.7 Å². The number of aryl methyl sites for hydroxylation is 2. The molecule has 1 amide bonds. The molecule has 0 saturated carbocycles. The summed E-state index contributed by atoms with van der Waals surface area (Å²) in [5.41, 5.74) is 6.71. The minimum absolute atomic E-state index is 0.114. The van der Waals surface area contributed by atoms with Gasteiger partial charge in [-0.2, -0.15) is 0 Å². The topological polar surface area (TPSA) is 78.0 Å². The van der Waals surface area contributed by atoms with Crippen molar-refractivity contribution in [2.24, 2.45) is 5.73 Å². The fourth-order valence-electron chi connectivity index (χ4n) is 3.26. The molecule has 142 valence electrons. The predicted octanol–water partition coefficient (Wildman–Crippen LogP) is 3.79. The van der Waals surface area contributed by atoms with Crippen LogP contribution in [-0.4, -0.2) is 15.5 Å². The highest BCUT2D eigenvalue weighted by Gasteiger charge is 2.19. The van der Waals surface area contributed by atoms with E-state index in [1.807, 2.05) is 13.8 Å². The Hall–Kier alpha value is -2.54. The minimum atomic E-state index is -0.382. The standard InChI is InChI=1S/C20H22FN3O2S/c1-3-5-16-23-19-18(20(26)24(16)11-4-6-15(22)25)17(12(2)27-19)13-7-9-14(21)10-8-13/h7-10H,3-6,11H2,1-2H3,(H2,22,25). The number of aromatic nitrogens is 2. The summed E-state index contributed by atoms with van der Waals surface area (Å²) in [6, 6.07) is 6.15. The quantitative estimate of drug-likeness (QED) is 0.670. The lowest BCUT2D eigenvalue weighted by molar-refractivity contribution is -0.118. The van der Waals surface area contributed by atoms with Crippen LogP contribution in [0.25, 0.3) is 21.3 Å². The molecule has 0 saturated heterocycles. The van der Waals surface area contributed by atoms with Gasteiger partial charge >= 0.3 is 0 Å². The molecule has 0 aliphatic rings. The first-order valence-corrected chi connectivity index (χ1v) is 9.81. The molecule has 27 heavy (non-hydrogen) atoms. The van der Waals surface area contributed by atoms with Crippen LogP contribution in [0.4, 0.5) is 4.39 Å². The second-order valence-corrected chi connectivity index (χ2v) is 7.73. The van der Waals surface area contributed by atoms with Gasteiger partial charge in [0, 0.05) is 29.8 Å². The summed E-state index contributed by atoms with van der Waals surface area (Å²) in [5.74, 6) is 0.0297. The maximum Gasteiger partial charge on any atom is 0.262 e. The van der Waals surface area contributed by atoms with Crippen LogP contribution in [0.2, 0.25) is 0 Å². The summed E-state index contributed by atoms with van der Waals surface area (Å²) in [6.07, 6.45) is 2.27. The lowest BCUT2D eigenvalue weighted by atomic mass is 10.0. The van der Waals surface area contributed by atoms with E-state index >= 15 is 0 Å². The van der Waals surface area contributed by atoms with Gasteiger partial charge in [-0.15, -0.1) is 11.3 Å². The van der Waals surface area contributed by atoms with Gasteiger partial charge in [0.05, 0.1) is 5.39 Å². The van der Waals surface area contributed by atoms with Crippen molar-refractivity contribution in [3.05, 3.63) is 51.1 Å². The number of rotatable bonds is 7. The highest BCUT2D eigenvalue weighted by atomic mass is 32.1. The normalized spacial score (nSPS) is 11.2. The highest BCUT2D eigenvalue weighted by Crippen LogP contribution is 2.35. The van der Waals surface area contributed by atoms with Gasteiger partial charge in [0.15, 0.2) is 0 Å². The van der Waals surface area contributed by atoms with Gasteiger partial charge in [-0.05, 0) is 37.5 Å². The molecule has 0 unspecified atom stereocenters. The van der Waals surface area contributed by atoms with Crippen molar-refractivity contribution in [1.82, 2.24) is 9.55 Å². The number of amides is 1. The van der Waals surface area contributed by atoms with E-state index in [-0.39, 0.29) is 23.7 Å². The van der Waals surface area contributed by atoms with E-state index in [0.717, 1.165) is 28.2 Å². The molecule has 7 heteroatoms. The number of primary amides is 1. The highest BCUT2D eigenvalue weighted by molar-refractivity contribution is 7.19. The van der Waals surface area contributed by atoms with Crippen LogP contribution in [0, 0.1) is 12.7 Å². The number of carbonyl (C=O) groups excluding carboxylic acids is 1. The van der Waals surface area contributed by atoms with Crippen molar-refractivity contribution in [3.63, 3.8) is 0 Å². The molecule has 5 nitrogen and oxygen atoms in total. The average molecular weight is 387 g/mol.